The number of hydrogen-bond acceptors (Lipinski definition) is 2. The summed E-state index contributed by atoms with van der Waals surface area (Å²) in [5.41, 5.74) is 0.325. The molecule has 1 saturated heterocycles. The second-order valence-corrected chi connectivity index (χ2v) is 5.06. The Labute approximate surface area is 112 Å². The highest BCUT2D eigenvalue weighted by Crippen LogP contribution is 2.17. The normalized spacial score (nSPS) is 19.2. The summed E-state index contributed by atoms with van der Waals surface area (Å²) in [6, 6.07) is 3.51. The van der Waals surface area contributed by atoms with Crippen molar-refractivity contribution in [1.82, 2.24) is 10.2 Å². The van der Waals surface area contributed by atoms with E-state index in [1.165, 1.54) is 18.2 Å². The Kier molecular flexibility index (Phi) is 3.65. The third kappa shape index (κ3) is 2.53. The third-order valence-corrected chi connectivity index (χ3v) is 3.52. The first-order chi connectivity index (χ1) is 8.49. The van der Waals surface area contributed by atoms with Crippen molar-refractivity contribution in [3.63, 3.8) is 0 Å². The highest BCUT2D eigenvalue weighted by molar-refractivity contribution is 9.10. The van der Waals surface area contributed by atoms with E-state index in [0.29, 0.717) is 18.5 Å². The minimum atomic E-state index is -0.480. The van der Waals surface area contributed by atoms with Gasteiger partial charge in [0.05, 0.1) is 4.47 Å². The van der Waals surface area contributed by atoms with Gasteiger partial charge in [0.1, 0.15) is 11.9 Å². The lowest BCUT2D eigenvalue weighted by Gasteiger charge is -2.12. The maximum absolute atomic E-state index is 13.0. The molecule has 0 bridgehead atoms. The first kappa shape index (κ1) is 13.0. The fraction of sp³-hybridized carbons (Fsp3) is 0.333. The number of benzene rings is 1. The number of rotatable bonds is 2. The van der Waals surface area contributed by atoms with Crippen molar-refractivity contribution in [2.24, 2.45) is 0 Å². The number of nitrogens with one attached hydrogen (secondary N) is 1. The monoisotopic (exact) mass is 314 g/mol. The van der Waals surface area contributed by atoms with Gasteiger partial charge in [0.2, 0.25) is 5.91 Å². The lowest BCUT2D eigenvalue weighted by Crippen LogP contribution is -2.40. The standard InChI is InChI=1S/C12H12BrFN2O2/c1-16-5-4-10(12(16)18)15-11(17)7-2-3-9(14)8(13)6-7/h2-3,6,10H,4-5H2,1H3,(H,15,17). The highest BCUT2D eigenvalue weighted by atomic mass is 79.9. The molecule has 18 heavy (non-hydrogen) atoms. The summed E-state index contributed by atoms with van der Waals surface area (Å²) in [6.45, 7) is 0.636. The number of amides is 2. The van der Waals surface area contributed by atoms with Gasteiger partial charge in [-0.15, -0.1) is 0 Å². The van der Waals surface area contributed by atoms with E-state index in [-0.39, 0.29) is 16.3 Å². The summed E-state index contributed by atoms with van der Waals surface area (Å²) >= 11 is 3.02. The molecule has 1 heterocycles. The summed E-state index contributed by atoms with van der Waals surface area (Å²) in [4.78, 5) is 25.1. The molecule has 2 rings (SSSR count). The smallest absolute Gasteiger partial charge is 0.251 e. The zero-order valence-corrected chi connectivity index (χ0v) is 11.3. The molecule has 4 nitrogen and oxygen atoms in total. The molecule has 0 aromatic heterocycles. The van der Waals surface area contributed by atoms with Crippen molar-refractivity contribution >= 4 is 27.7 Å². The average molecular weight is 315 g/mol. The molecule has 1 fully saturated rings. The van der Waals surface area contributed by atoms with E-state index in [1.807, 2.05) is 0 Å². The van der Waals surface area contributed by atoms with Gasteiger partial charge in [0.15, 0.2) is 0 Å². The molecule has 0 aliphatic carbocycles. The topological polar surface area (TPSA) is 49.4 Å². The quantitative estimate of drug-likeness (QED) is 0.900. The van der Waals surface area contributed by atoms with Crippen LogP contribution in [-0.2, 0) is 4.79 Å². The Hall–Kier alpha value is -1.43. The van der Waals surface area contributed by atoms with Gasteiger partial charge < -0.3 is 10.2 Å². The molecule has 2 amide bonds. The van der Waals surface area contributed by atoms with Gasteiger partial charge in [-0.05, 0) is 40.5 Å². The van der Waals surface area contributed by atoms with Crippen LogP contribution in [0, 0.1) is 5.82 Å². The Morgan fingerprint density at radius 3 is 2.83 bits per heavy atom. The van der Waals surface area contributed by atoms with Gasteiger partial charge >= 0.3 is 0 Å². The van der Waals surface area contributed by atoms with Crippen LogP contribution in [0.25, 0.3) is 0 Å². The van der Waals surface area contributed by atoms with Crippen LogP contribution in [0.3, 0.4) is 0 Å². The van der Waals surface area contributed by atoms with E-state index < -0.39 is 11.9 Å². The first-order valence-electron chi connectivity index (χ1n) is 5.50. The molecular formula is C12H12BrFN2O2. The molecule has 96 valence electrons. The number of hydrogen-bond donors (Lipinski definition) is 1. The molecule has 0 spiro atoms. The van der Waals surface area contributed by atoms with Gasteiger partial charge in [-0.25, -0.2) is 4.39 Å². The summed E-state index contributed by atoms with van der Waals surface area (Å²) < 4.78 is 13.3. The maximum atomic E-state index is 13.0. The van der Waals surface area contributed by atoms with E-state index in [2.05, 4.69) is 21.2 Å². The van der Waals surface area contributed by atoms with Gasteiger partial charge in [0, 0.05) is 19.2 Å². The predicted molar refractivity (Wildman–Crippen MR) is 67.6 cm³/mol. The SMILES string of the molecule is CN1CCC(NC(=O)c2ccc(F)c(Br)c2)C1=O. The summed E-state index contributed by atoms with van der Waals surface area (Å²) in [7, 11) is 1.70. The number of likely N-dealkylation sites (tertiary alicyclic amines) is 1. The summed E-state index contributed by atoms with van der Waals surface area (Å²) in [5.74, 6) is -0.892. The van der Waals surface area contributed by atoms with Crippen LogP contribution in [-0.4, -0.2) is 36.3 Å². The number of likely N-dealkylation sites (N-methyl/N-ethyl adjacent to an activating group) is 1. The van der Waals surface area contributed by atoms with Gasteiger partial charge in [-0.2, -0.15) is 0 Å². The van der Waals surface area contributed by atoms with Crippen molar-refractivity contribution < 1.29 is 14.0 Å². The predicted octanol–water partition coefficient (Wildman–Crippen LogP) is 1.55. The van der Waals surface area contributed by atoms with E-state index in [0.717, 1.165) is 0 Å². The molecule has 0 radical (unpaired) electrons. The molecule has 0 saturated carbocycles. The van der Waals surface area contributed by atoms with Crippen LogP contribution in [0.1, 0.15) is 16.8 Å². The summed E-state index contributed by atoms with van der Waals surface area (Å²) in [5, 5.41) is 2.65. The maximum Gasteiger partial charge on any atom is 0.251 e. The fourth-order valence-corrected chi connectivity index (χ4v) is 2.21. The second kappa shape index (κ2) is 5.06. The molecule has 1 aliphatic rings. The molecule has 1 aliphatic heterocycles. The fourth-order valence-electron chi connectivity index (χ4n) is 1.84. The minimum Gasteiger partial charge on any atom is -0.344 e. The van der Waals surface area contributed by atoms with Crippen molar-refractivity contribution in [3.8, 4) is 0 Å². The molecule has 6 heteroatoms. The molecule has 1 aromatic rings. The van der Waals surface area contributed by atoms with Crippen molar-refractivity contribution in [2.75, 3.05) is 13.6 Å². The van der Waals surface area contributed by atoms with E-state index in [1.54, 1.807) is 11.9 Å². The van der Waals surface area contributed by atoms with Crippen molar-refractivity contribution in [3.05, 3.63) is 34.1 Å². The van der Waals surface area contributed by atoms with E-state index >= 15 is 0 Å². The van der Waals surface area contributed by atoms with Crippen LogP contribution >= 0.6 is 15.9 Å². The van der Waals surface area contributed by atoms with E-state index in [9.17, 15) is 14.0 Å². The molecule has 1 unspecified atom stereocenters. The lowest BCUT2D eigenvalue weighted by atomic mass is 10.2. The van der Waals surface area contributed by atoms with Crippen LogP contribution in [0.15, 0.2) is 22.7 Å². The van der Waals surface area contributed by atoms with Gasteiger partial charge in [-0.3, -0.25) is 9.59 Å². The average Bonchev–Trinajstić information content (AvgIpc) is 2.64. The Morgan fingerprint density at radius 2 is 2.28 bits per heavy atom. The number of nitrogens with zero attached hydrogens (tertiary/aromatic N) is 1. The molecule has 1 aromatic carbocycles. The van der Waals surface area contributed by atoms with E-state index in [4.69, 9.17) is 0 Å². The zero-order valence-electron chi connectivity index (χ0n) is 9.74. The lowest BCUT2D eigenvalue weighted by molar-refractivity contribution is -0.128. The van der Waals surface area contributed by atoms with Gasteiger partial charge in [0.25, 0.3) is 5.91 Å². The Bertz CT molecular complexity index is 507. The third-order valence-electron chi connectivity index (χ3n) is 2.91. The second-order valence-electron chi connectivity index (χ2n) is 4.20. The largest absolute Gasteiger partial charge is 0.344 e. The van der Waals surface area contributed by atoms with Crippen molar-refractivity contribution in [2.45, 2.75) is 12.5 Å². The first-order valence-corrected chi connectivity index (χ1v) is 6.29. The highest BCUT2D eigenvalue weighted by Gasteiger charge is 2.30. The molecule has 1 atom stereocenters. The number of carbonyl (C=O) groups excluding carboxylic acids is 2. The number of carbonyl (C=O) groups is 2. The minimum absolute atomic E-state index is 0.0930. The molecular weight excluding hydrogens is 303 g/mol. The molecule has 1 N–H and O–H groups in total. The van der Waals surface area contributed by atoms with Gasteiger partial charge in [-0.1, -0.05) is 0 Å². The van der Waals surface area contributed by atoms with Crippen LogP contribution in [0.4, 0.5) is 4.39 Å². The zero-order chi connectivity index (χ0) is 13.3. The Balaban J connectivity index is 2.08. The number of halogens is 2. The van der Waals surface area contributed by atoms with Crippen LogP contribution < -0.4 is 5.32 Å². The Morgan fingerprint density at radius 1 is 1.56 bits per heavy atom. The van der Waals surface area contributed by atoms with Crippen molar-refractivity contribution in [1.29, 1.82) is 0 Å². The van der Waals surface area contributed by atoms with Crippen LogP contribution in [0.5, 0.6) is 0 Å². The van der Waals surface area contributed by atoms with Crippen LogP contribution in [0.2, 0.25) is 0 Å². The summed E-state index contributed by atoms with van der Waals surface area (Å²) in [6.07, 6.45) is 0.601.